The number of hydrogen-bond donors (Lipinski definition) is 0. The maximum atomic E-state index is 2.74. The van der Waals surface area contributed by atoms with Gasteiger partial charge in [0.05, 0.1) is 0 Å². The van der Waals surface area contributed by atoms with Gasteiger partial charge in [-0.15, -0.1) is 0 Å². The van der Waals surface area contributed by atoms with Crippen LogP contribution < -0.4 is 0 Å². The van der Waals surface area contributed by atoms with Crippen LogP contribution in [-0.4, -0.2) is 7.28 Å². The normalized spacial score (nSPS) is 56.4. The summed E-state index contributed by atoms with van der Waals surface area (Å²) in [7, 11) is 2.54. The van der Waals surface area contributed by atoms with Crippen LogP contribution in [0.1, 0.15) is 79.1 Å². The predicted molar refractivity (Wildman–Crippen MR) is 131 cm³/mol. The van der Waals surface area contributed by atoms with Gasteiger partial charge in [-0.05, 0) is 127 Å². The maximum absolute atomic E-state index is 2.74. The Morgan fingerprint density at radius 2 is 1.39 bits per heavy atom. The van der Waals surface area contributed by atoms with Crippen molar-refractivity contribution in [2.45, 2.75) is 91.7 Å². The zero-order valence-corrected chi connectivity index (χ0v) is 20.9. The minimum Gasteiger partial charge on any atom is -0.0917 e. The Kier molecular flexibility index (Phi) is 4.22. The molecule has 0 aliphatic heterocycles. The lowest BCUT2D eigenvalue weighted by Gasteiger charge is -2.49. The molecule has 0 saturated heterocycles. The van der Waals surface area contributed by atoms with Gasteiger partial charge in [-0.25, -0.2) is 0 Å². The van der Waals surface area contributed by atoms with E-state index in [9.17, 15) is 0 Å². The van der Waals surface area contributed by atoms with Crippen LogP contribution in [0.4, 0.5) is 0 Å². The molecule has 0 aromatic carbocycles. The van der Waals surface area contributed by atoms with E-state index in [2.05, 4.69) is 53.9 Å². The number of allylic oxidation sites excluding steroid dienone is 2. The van der Waals surface area contributed by atoms with Crippen molar-refractivity contribution in [2.75, 3.05) is 0 Å². The number of fused-ring (bicyclic) bond motifs is 4. The van der Waals surface area contributed by atoms with Crippen LogP contribution in [0.2, 0.25) is 12.6 Å². The lowest BCUT2D eigenvalue weighted by molar-refractivity contribution is -0.0102. The molecule has 0 aromatic heterocycles. The summed E-state index contributed by atoms with van der Waals surface area (Å²) in [5.74, 6) is 13.6. The molecule has 1 radical (unpaired) electrons. The molecule has 0 nitrogen and oxygen atoms in total. The van der Waals surface area contributed by atoms with E-state index in [0.717, 1.165) is 76.8 Å². The van der Waals surface area contributed by atoms with E-state index in [1.165, 1.54) is 25.7 Å². The van der Waals surface area contributed by atoms with E-state index >= 15 is 0 Å². The minimum atomic E-state index is 0.491. The van der Waals surface area contributed by atoms with Crippen LogP contribution in [0, 0.1) is 81.8 Å². The number of hydrogen-bond acceptors (Lipinski definition) is 0. The van der Waals surface area contributed by atoms with E-state index in [1.807, 2.05) is 0 Å². The second-order valence-corrected chi connectivity index (χ2v) is 14.7. The Labute approximate surface area is 193 Å². The van der Waals surface area contributed by atoms with Crippen LogP contribution in [0.3, 0.4) is 0 Å². The third-order valence-corrected chi connectivity index (χ3v) is 13.6. The van der Waals surface area contributed by atoms with Crippen molar-refractivity contribution in [3.05, 3.63) is 12.2 Å². The van der Waals surface area contributed by atoms with Crippen molar-refractivity contribution in [3.63, 3.8) is 0 Å². The Hall–Kier alpha value is -0.195. The molecule has 0 heterocycles. The minimum absolute atomic E-state index is 0.491. The molecule has 6 saturated carbocycles. The van der Waals surface area contributed by atoms with Crippen LogP contribution in [0.5, 0.6) is 0 Å². The summed E-state index contributed by atoms with van der Waals surface area (Å²) in [5.41, 5.74) is 0.986. The quantitative estimate of drug-likeness (QED) is 0.306. The summed E-state index contributed by atoms with van der Waals surface area (Å²) in [6, 6.07) is 0. The molecule has 31 heavy (non-hydrogen) atoms. The fourth-order valence-electron chi connectivity index (χ4n) is 11.0. The van der Waals surface area contributed by atoms with Gasteiger partial charge in [0.25, 0.3) is 0 Å². The van der Waals surface area contributed by atoms with Gasteiger partial charge in [0, 0.05) is 0 Å². The molecule has 7 aliphatic rings. The summed E-state index contributed by atoms with van der Waals surface area (Å²) >= 11 is 0. The van der Waals surface area contributed by atoms with E-state index < -0.39 is 0 Å². The SMILES string of the molecule is C[B]C1CC1C1CC(C(C)(C)C(C)(C)C2CC2C2CCC3CC=CC32)C2CC3CC3C12. The summed E-state index contributed by atoms with van der Waals surface area (Å²) in [5, 5.41) is 0. The molecule has 0 amide bonds. The standard InChI is InChI=1S/C30H46B/c1-29(2,25-13-21(25)19-10-9-16-7-6-8-18(16)19)30(3,4)26-14-23(22-15-27(22)31-5)28-20-11-17(20)12-24(26)28/h6,8,16-28H,7,9-15H2,1-5H3. The van der Waals surface area contributed by atoms with Gasteiger partial charge in [-0.1, -0.05) is 58.9 Å². The van der Waals surface area contributed by atoms with Gasteiger partial charge < -0.3 is 0 Å². The third kappa shape index (κ3) is 2.73. The molecule has 13 atom stereocenters. The molecule has 0 bridgehead atoms. The highest BCUT2D eigenvalue weighted by Crippen LogP contribution is 2.75. The monoisotopic (exact) mass is 417 g/mol. The molecule has 1 heteroatoms. The average Bonchev–Trinajstić information content (AvgIpc) is 3.66. The Bertz CT molecular complexity index is 777. The van der Waals surface area contributed by atoms with Gasteiger partial charge in [0.1, 0.15) is 7.28 Å². The summed E-state index contributed by atoms with van der Waals surface area (Å²) < 4.78 is 0. The molecular formula is C30H46B. The van der Waals surface area contributed by atoms with Crippen molar-refractivity contribution in [1.82, 2.24) is 0 Å². The third-order valence-electron chi connectivity index (χ3n) is 13.6. The van der Waals surface area contributed by atoms with Crippen LogP contribution in [0.15, 0.2) is 12.2 Å². The summed E-state index contributed by atoms with van der Waals surface area (Å²) in [6.45, 7) is 13.2. The van der Waals surface area contributed by atoms with E-state index in [-0.39, 0.29) is 0 Å². The zero-order chi connectivity index (χ0) is 21.3. The fourth-order valence-corrected chi connectivity index (χ4v) is 11.0. The van der Waals surface area contributed by atoms with Crippen molar-refractivity contribution < 1.29 is 0 Å². The maximum Gasteiger partial charge on any atom is 0.110 e. The van der Waals surface area contributed by atoms with Gasteiger partial charge in [-0.3, -0.25) is 0 Å². The molecule has 7 rings (SSSR count). The molecule has 0 spiro atoms. The van der Waals surface area contributed by atoms with E-state index in [4.69, 9.17) is 0 Å². The Morgan fingerprint density at radius 3 is 2.13 bits per heavy atom. The van der Waals surface area contributed by atoms with Crippen molar-refractivity contribution in [2.24, 2.45) is 81.8 Å². The highest BCUT2D eigenvalue weighted by Gasteiger charge is 2.68. The van der Waals surface area contributed by atoms with Gasteiger partial charge in [0.2, 0.25) is 0 Å². The van der Waals surface area contributed by atoms with Gasteiger partial charge in [0.15, 0.2) is 0 Å². The lowest BCUT2D eigenvalue weighted by Crippen LogP contribution is -2.43. The van der Waals surface area contributed by atoms with Crippen LogP contribution in [-0.2, 0) is 0 Å². The summed E-state index contributed by atoms with van der Waals surface area (Å²) in [6.07, 6.45) is 17.4. The highest BCUT2D eigenvalue weighted by atomic mass is 14.7. The van der Waals surface area contributed by atoms with Crippen LogP contribution >= 0.6 is 0 Å². The van der Waals surface area contributed by atoms with Crippen molar-refractivity contribution in [1.29, 1.82) is 0 Å². The van der Waals surface area contributed by atoms with E-state index in [0.29, 0.717) is 10.8 Å². The molecule has 169 valence electrons. The first-order valence-corrected chi connectivity index (χ1v) is 14.3. The summed E-state index contributed by atoms with van der Waals surface area (Å²) in [4.78, 5) is 0. The van der Waals surface area contributed by atoms with Crippen molar-refractivity contribution >= 4 is 7.28 Å². The molecule has 7 aliphatic carbocycles. The zero-order valence-electron chi connectivity index (χ0n) is 20.9. The average molecular weight is 418 g/mol. The Morgan fingerprint density at radius 1 is 0.677 bits per heavy atom. The molecule has 0 aromatic rings. The van der Waals surface area contributed by atoms with E-state index in [1.54, 1.807) is 25.7 Å². The first-order valence-electron chi connectivity index (χ1n) is 14.3. The number of rotatable bonds is 6. The Balaban J connectivity index is 1.11. The molecular weight excluding hydrogens is 371 g/mol. The highest BCUT2D eigenvalue weighted by molar-refractivity contribution is 6.37. The lowest BCUT2D eigenvalue weighted by atomic mass is 9.55. The first-order chi connectivity index (χ1) is 14.8. The largest absolute Gasteiger partial charge is 0.110 e. The second-order valence-electron chi connectivity index (χ2n) is 14.7. The molecule has 0 N–H and O–H groups in total. The van der Waals surface area contributed by atoms with Crippen LogP contribution in [0.25, 0.3) is 0 Å². The fraction of sp³-hybridized carbons (Fsp3) is 0.933. The predicted octanol–water partition coefficient (Wildman–Crippen LogP) is 7.75. The topological polar surface area (TPSA) is 0 Å². The smallest absolute Gasteiger partial charge is 0.0917 e. The van der Waals surface area contributed by atoms with Gasteiger partial charge >= 0.3 is 0 Å². The first kappa shape index (κ1) is 20.2. The van der Waals surface area contributed by atoms with Gasteiger partial charge in [-0.2, -0.15) is 0 Å². The second kappa shape index (κ2) is 6.47. The van der Waals surface area contributed by atoms with Crippen molar-refractivity contribution in [3.8, 4) is 0 Å². The molecule has 6 fully saturated rings. The molecule has 13 unspecified atom stereocenters.